The molecule has 2 fully saturated rings. The number of likely N-dealkylation sites (tertiary alicyclic amines) is 1. The van der Waals surface area contributed by atoms with Gasteiger partial charge in [-0.05, 0) is 70.1 Å². The molecule has 0 aromatic heterocycles. The highest BCUT2D eigenvalue weighted by Crippen LogP contribution is 2.40. The highest BCUT2D eigenvalue weighted by Gasteiger charge is 2.46. The first-order valence-electron chi connectivity index (χ1n) is 10.9. The highest BCUT2D eigenvalue weighted by molar-refractivity contribution is 5.85. The molecule has 0 radical (unpaired) electrons. The van der Waals surface area contributed by atoms with Crippen LogP contribution in [0, 0.1) is 6.92 Å². The number of nitrogens with zero attached hydrogens (tertiary/aromatic N) is 1. The lowest BCUT2D eigenvalue weighted by atomic mass is 9.77. The number of rotatable bonds is 4. The summed E-state index contributed by atoms with van der Waals surface area (Å²) in [4.78, 5) is 15.2. The van der Waals surface area contributed by atoms with Crippen LogP contribution in [0.3, 0.4) is 0 Å². The van der Waals surface area contributed by atoms with Crippen LogP contribution in [0.4, 0.5) is 0 Å². The number of hydrogen-bond donors (Lipinski definition) is 1. The van der Waals surface area contributed by atoms with E-state index in [9.17, 15) is 9.90 Å². The Morgan fingerprint density at radius 1 is 1.24 bits per heavy atom. The van der Waals surface area contributed by atoms with E-state index in [2.05, 4.69) is 26.0 Å². The lowest BCUT2D eigenvalue weighted by Crippen LogP contribution is -2.57. The van der Waals surface area contributed by atoms with Gasteiger partial charge in [0, 0.05) is 19.5 Å². The van der Waals surface area contributed by atoms with Crippen molar-refractivity contribution in [1.29, 1.82) is 0 Å². The fourth-order valence-corrected chi connectivity index (χ4v) is 4.67. The second kappa shape index (κ2) is 7.92. The van der Waals surface area contributed by atoms with Gasteiger partial charge in [0.1, 0.15) is 5.75 Å². The Morgan fingerprint density at radius 2 is 1.90 bits per heavy atom. The van der Waals surface area contributed by atoms with Crippen LogP contribution < -0.4 is 4.74 Å². The summed E-state index contributed by atoms with van der Waals surface area (Å²) in [5, 5.41) is 10.5. The topological polar surface area (TPSA) is 59.0 Å². The molecule has 2 saturated heterocycles. The van der Waals surface area contributed by atoms with Crippen molar-refractivity contribution in [2.24, 2.45) is 0 Å². The normalized spacial score (nSPS) is 24.8. The van der Waals surface area contributed by atoms with Gasteiger partial charge in [0.25, 0.3) is 5.91 Å². The van der Waals surface area contributed by atoms with Gasteiger partial charge in [0.2, 0.25) is 0 Å². The smallest absolute Gasteiger partial charge is 0.266 e. The number of piperidine rings is 1. The van der Waals surface area contributed by atoms with Crippen molar-refractivity contribution in [1.82, 2.24) is 4.90 Å². The molecule has 29 heavy (non-hydrogen) atoms. The number of ether oxygens (including phenoxy) is 2. The van der Waals surface area contributed by atoms with E-state index in [1.54, 1.807) is 0 Å². The Bertz CT molecular complexity index is 745. The summed E-state index contributed by atoms with van der Waals surface area (Å²) in [7, 11) is 0. The van der Waals surface area contributed by atoms with Crippen LogP contribution in [-0.2, 0) is 9.53 Å². The maximum atomic E-state index is 13.3. The molecule has 5 heteroatoms. The molecular weight excluding hydrogens is 366 g/mol. The molecule has 3 rings (SSSR count). The standard InChI is InChI=1S/C24H37NO4/c1-17(2)19-8-7-18(3)15-20(19)29-22(4,5)21(26)25-12-9-24(10-13-25)16-23(6,27)11-14-28-24/h7-8,15,17,27H,9-14,16H2,1-6H3. The average molecular weight is 404 g/mol. The van der Waals surface area contributed by atoms with E-state index in [1.165, 1.54) is 0 Å². The van der Waals surface area contributed by atoms with E-state index in [1.807, 2.05) is 38.7 Å². The summed E-state index contributed by atoms with van der Waals surface area (Å²) >= 11 is 0. The van der Waals surface area contributed by atoms with Gasteiger partial charge in [0.15, 0.2) is 5.60 Å². The van der Waals surface area contributed by atoms with Gasteiger partial charge in [-0.3, -0.25) is 4.79 Å². The fraction of sp³-hybridized carbons (Fsp3) is 0.708. The number of carbonyl (C=O) groups excluding carboxylic acids is 1. The molecule has 1 spiro atoms. The fourth-order valence-electron chi connectivity index (χ4n) is 4.67. The van der Waals surface area contributed by atoms with Crippen molar-refractivity contribution in [2.45, 2.75) is 89.9 Å². The van der Waals surface area contributed by atoms with E-state index in [0.29, 0.717) is 38.5 Å². The highest BCUT2D eigenvalue weighted by atomic mass is 16.5. The molecule has 162 valence electrons. The van der Waals surface area contributed by atoms with Crippen molar-refractivity contribution >= 4 is 5.91 Å². The third-order valence-electron chi connectivity index (χ3n) is 6.39. The summed E-state index contributed by atoms with van der Waals surface area (Å²) in [6.07, 6.45) is 2.83. The molecule has 0 bridgehead atoms. The summed E-state index contributed by atoms with van der Waals surface area (Å²) in [6, 6.07) is 6.19. The summed E-state index contributed by atoms with van der Waals surface area (Å²) in [5.74, 6) is 1.12. The minimum Gasteiger partial charge on any atom is -0.478 e. The molecule has 2 aliphatic heterocycles. The van der Waals surface area contributed by atoms with Gasteiger partial charge in [0.05, 0.1) is 17.8 Å². The van der Waals surface area contributed by atoms with Gasteiger partial charge in [-0.15, -0.1) is 0 Å². The lowest BCUT2D eigenvalue weighted by Gasteiger charge is -2.48. The Hall–Kier alpha value is -1.59. The lowest BCUT2D eigenvalue weighted by molar-refractivity contribution is -0.178. The van der Waals surface area contributed by atoms with Gasteiger partial charge >= 0.3 is 0 Å². The average Bonchev–Trinajstić information content (AvgIpc) is 2.60. The number of carbonyl (C=O) groups is 1. The van der Waals surface area contributed by atoms with E-state index in [-0.39, 0.29) is 11.5 Å². The van der Waals surface area contributed by atoms with Crippen molar-refractivity contribution in [3.63, 3.8) is 0 Å². The predicted octanol–water partition coefficient (Wildman–Crippen LogP) is 4.20. The first-order chi connectivity index (χ1) is 13.4. The van der Waals surface area contributed by atoms with Crippen LogP contribution in [0.25, 0.3) is 0 Å². The summed E-state index contributed by atoms with van der Waals surface area (Å²) in [5.41, 5.74) is 0.317. The summed E-state index contributed by atoms with van der Waals surface area (Å²) < 4.78 is 12.4. The number of aliphatic hydroxyl groups is 1. The van der Waals surface area contributed by atoms with Crippen molar-refractivity contribution in [3.05, 3.63) is 29.3 Å². The largest absolute Gasteiger partial charge is 0.478 e. The molecule has 2 aliphatic rings. The Morgan fingerprint density at radius 3 is 2.48 bits per heavy atom. The minimum absolute atomic E-state index is 0.00568. The zero-order valence-electron chi connectivity index (χ0n) is 18.9. The zero-order chi connectivity index (χ0) is 21.4. The van der Waals surface area contributed by atoms with Crippen LogP contribution in [0.15, 0.2) is 18.2 Å². The molecule has 0 aliphatic carbocycles. The number of amides is 1. The molecule has 0 saturated carbocycles. The molecule has 1 unspecified atom stereocenters. The molecule has 5 nitrogen and oxygen atoms in total. The monoisotopic (exact) mass is 403 g/mol. The Labute approximate surface area is 175 Å². The van der Waals surface area contributed by atoms with Crippen LogP contribution in [0.5, 0.6) is 5.75 Å². The molecule has 1 aromatic rings. The molecular formula is C24H37NO4. The van der Waals surface area contributed by atoms with Gasteiger partial charge < -0.3 is 19.5 Å². The van der Waals surface area contributed by atoms with Gasteiger partial charge in [-0.1, -0.05) is 26.0 Å². The van der Waals surface area contributed by atoms with E-state index < -0.39 is 11.2 Å². The second-order valence-electron chi connectivity index (χ2n) is 10.1. The number of benzene rings is 1. The number of hydrogen-bond acceptors (Lipinski definition) is 4. The van der Waals surface area contributed by atoms with Gasteiger partial charge in [-0.2, -0.15) is 0 Å². The second-order valence-corrected chi connectivity index (χ2v) is 10.1. The SMILES string of the molecule is Cc1ccc(C(C)C)c(OC(C)(C)C(=O)N2CCC3(CC2)CC(C)(O)CCO3)c1. The molecule has 1 amide bonds. The first-order valence-corrected chi connectivity index (χ1v) is 10.9. The maximum Gasteiger partial charge on any atom is 0.266 e. The Kier molecular flexibility index (Phi) is 6.03. The maximum absolute atomic E-state index is 13.3. The third-order valence-corrected chi connectivity index (χ3v) is 6.39. The molecule has 2 heterocycles. The quantitative estimate of drug-likeness (QED) is 0.819. The van der Waals surface area contributed by atoms with Crippen LogP contribution >= 0.6 is 0 Å². The Balaban J connectivity index is 1.68. The van der Waals surface area contributed by atoms with Gasteiger partial charge in [-0.25, -0.2) is 0 Å². The van der Waals surface area contributed by atoms with E-state index >= 15 is 0 Å². The van der Waals surface area contributed by atoms with Crippen LogP contribution in [0.1, 0.15) is 77.3 Å². The zero-order valence-corrected chi connectivity index (χ0v) is 18.9. The number of aryl methyl sites for hydroxylation is 1. The third kappa shape index (κ3) is 4.95. The van der Waals surface area contributed by atoms with Crippen LogP contribution in [0.2, 0.25) is 0 Å². The minimum atomic E-state index is -0.944. The van der Waals surface area contributed by atoms with Crippen molar-refractivity contribution in [2.75, 3.05) is 19.7 Å². The first kappa shape index (κ1) is 22.1. The predicted molar refractivity (Wildman–Crippen MR) is 114 cm³/mol. The molecule has 1 N–H and O–H groups in total. The van der Waals surface area contributed by atoms with E-state index in [0.717, 1.165) is 29.7 Å². The summed E-state index contributed by atoms with van der Waals surface area (Å²) in [6.45, 7) is 13.8. The molecule has 1 aromatic carbocycles. The van der Waals surface area contributed by atoms with Crippen molar-refractivity contribution in [3.8, 4) is 5.75 Å². The van der Waals surface area contributed by atoms with Crippen molar-refractivity contribution < 1.29 is 19.4 Å². The van der Waals surface area contributed by atoms with E-state index in [4.69, 9.17) is 9.47 Å². The van der Waals surface area contributed by atoms with Crippen LogP contribution in [-0.4, -0.2) is 52.4 Å². The molecule has 1 atom stereocenters.